The van der Waals surface area contributed by atoms with Crippen LogP contribution in [0.25, 0.3) is 11.5 Å². The molecule has 1 aromatic heterocycles. The Kier molecular flexibility index (Phi) is 3.52. The number of aldehydes is 1. The van der Waals surface area contributed by atoms with Crippen molar-refractivity contribution in [1.82, 2.24) is 4.98 Å². The van der Waals surface area contributed by atoms with E-state index >= 15 is 0 Å². The van der Waals surface area contributed by atoms with Gasteiger partial charge in [0.25, 0.3) is 0 Å². The number of carbonyl (C=O) groups is 2. The summed E-state index contributed by atoms with van der Waals surface area (Å²) in [5, 5.41) is 0. The van der Waals surface area contributed by atoms with E-state index in [1.165, 1.54) is 6.26 Å². The fraction of sp³-hybridized carbons (Fsp3) is 0.154. The van der Waals surface area contributed by atoms with Gasteiger partial charge in [0.05, 0.1) is 6.61 Å². The number of oxazole rings is 1. The third kappa shape index (κ3) is 2.45. The minimum absolute atomic E-state index is 0.114. The molecule has 0 aliphatic rings. The highest BCUT2D eigenvalue weighted by molar-refractivity contribution is 5.87. The standard InChI is InChI=1S/C13H11NO4/c1-2-17-13(16)11-8-18-12(14-11)10-5-3-4-9(6-10)7-15/h3-8H,2H2,1H3. The van der Waals surface area contributed by atoms with Crippen molar-refractivity contribution in [2.75, 3.05) is 6.61 Å². The average molecular weight is 245 g/mol. The molecule has 0 radical (unpaired) electrons. The lowest BCUT2D eigenvalue weighted by Gasteiger charge is -1.96. The highest BCUT2D eigenvalue weighted by Gasteiger charge is 2.14. The number of hydrogen-bond donors (Lipinski definition) is 0. The molecule has 5 nitrogen and oxygen atoms in total. The molecule has 0 spiro atoms. The summed E-state index contributed by atoms with van der Waals surface area (Å²) < 4.78 is 9.99. The molecular weight excluding hydrogens is 234 g/mol. The van der Waals surface area contributed by atoms with Crippen LogP contribution in [-0.2, 0) is 4.74 Å². The predicted molar refractivity (Wildman–Crippen MR) is 63.3 cm³/mol. The number of carbonyl (C=O) groups excluding carboxylic acids is 2. The van der Waals surface area contributed by atoms with Gasteiger partial charge in [-0.15, -0.1) is 0 Å². The Hall–Kier alpha value is -2.43. The van der Waals surface area contributed by atoms with Gasteiger partial charge in [0.1, 0.15) is 12.5 Å². The van der Waals surface area contributed by atoms with Crippen LogP contribution >= 0.6 is 0 Å². The molecular formula is C13H11NO4. The van der Waals surface area contributed by atoms with E-state index in [1.54, 1.807) is 31.2 Å². The molecule has 18 heavy (non-hydrogen) atoms. The monoisotopic (exact) mass is 245 g/mol. The van der Waals surface area contributed by atoms with E-state index in [1.807, 2.05) is 0 Å². The van der Waals surface area contributed by atoms with Crippen LogP contribution in [0, 0.1) is 0 Å². The minimum atomic E-state index is -0.529. The van der Waals surface area contributed by atoms with Crippen LogP contribution in [0.2, 0.25) is 0 Å². The topological polar surface area (TPSA) is 69.4 Å². The molecule has 0 aliphatic carbocycles. The second kappa shape index (κ2) is 5.27. The van der Waals surface area contributed by atoms with Gasteiger partial charge in [0.2, 0.25) is 5.89 Å². The predicted octanol–water partition coefficient (Wildman–Crippen LogP) is 2.33. The number of nitrogens with zero attached hydrogens (tertiary/aromatic N) is 1. The van der Waals surface area contributed by atoms with Gasteiger partial charge in [-0.05, 0) is 19.1 Å². The maximum absolute atomic E-state index is 11.4. The van der Waals surface area contributed by atoms with E-state index in [-0.39, 0.29) is 18.2 Å². The molecule has 0 fully saturated rings. The fourth-order valence-corrected chi connectivity index (χ4v) is 1.45. The first-order chi connectivity index (χ1) is 8.74. The summed E-state index contributed by atoms with van der Waals surface area (Å²) in [6.45, 7) is 1.99. The zero-order valence-electron chi connectivity index (χ0n) is 9.75. The van der Waals surface area contributed by atoms with Crippen LogP contribution in [0.1, 0.15) is 27.8 Å². The van der Waals surface area contributed by atoms with E-state index in [2.05, 4.69) is 4.98 Å². The van der Waals surface area contributed by atoms with Crippen molar-refractivity contribution >= 4 is 12.3 Å². The van der Waals surface area contributed by atoms with E-state index < -0.39 is 5.97 Å². The lowest BCUT2D eigenvalue weighted by Crippen LogP contribution is -2.04. The summed E-state index contributed by atoms with van der Waals surface area (Å²) in [5.74, 6) is -0.249. The smallest absolute Gasteiger partial charge is 0.360 e. The normalized spacial score (nSPS) is 10.1. The largest absolute Gasteiger partial charge is 0.461 e. The van der Waals surface area contributed by atoms with Crippen LogP contribution in [0.3, 0.4) is 0 Å². The molecule has 0 bridgehead atoms. The van der Waals surface area contributed by atoms with Gasteiger partial charge in [-0.2, -0.15) is 0 Å². The zero-order valence-corrected chi connectivity index (χ0v) is 9.75. The van der Waals surface area contributed by atoms with Crippen molar-refractivity contribution in [1.29, 1.82) is 0 Å². The molecule has 92 valence electrons. The number of ether oxygens (including phenoxy) is 1. The SMILES string of the molecule is CCOC(=O)c1coc(-c2cccc(C=O)c2)n1. The van der Waals surface area contributed by atoms with Gasteiger partial charge in [-0.1, -0.05) is 12.1 Å². The molecule has 5 heteroatoms. The molecule has 1 aromatic carbocycles. The summed E-state index contributed by atoms with van der Waals surface area (Å²) in [7, 11) is 0. The number of benzene rings is 1. The molecule has 0 amide bonds. The summed E-state index contributed by atoms with van der Waals surface area (Å²) in [5.41, 5.74) is 1.27. The Morgan fingerprint density at radius 3 is 3.06 bits per heavy atom. The van der Waals surface area contributed by atoms with Crippen LogP contribution in [0.15, 0.2) is 34.9 Å². The fourth-order valence-electron chi connectivity index (χ4n) is 1.45. The van der Waals surface area contributed by atoms with Gasteiger partial charge < -0.3 is 9.15 Å². The maximum Gasteiger partial charge on any atom is 0.360 e. The quantitative estimate of drug-likeness (QED) is 0.610. The van der Waals surface area contributed by atoms with Crippen molar-refractivity contribution in [2.24, 2.45) is 0 Å². The first-order valence-corrected chi connectivity index (χ1v) is 5.43. The van der Waals surface area contributed by atoms with Crippen molar-refractivity contribution in [3.63, 3.8) is 0 Å². The third-order valence-corrected chi connectivity index (χ3v) is 2.26. The summed E-state index contributed by atoms with van der Waals surface area (Å²) in [6, 6.07) is 6.76. The van der Waals surface area contributed by atoms with Gasteiger partial charge in [-0.3, -0.25) is 4.79 Å². The van der Waals surface area contributed by atoms with Gasteiger partial charge in [-0.25, -0.2) is 9.78 Å². The number of hydrogen-bond acceptors (Lipinski definition) is 5. The van der Waals surface area contributed by atoms with Crippen LogP contribution in [-0.4, -0.2) is 23.8 Å². The van der Waals surface area contributed by atoms with Gasteiger partial charge in [0, 0.05) is 11.1 Å². The van der Waals surface area contributed by atoms with Gasteiger partial charge >= 0.3 is 5.97 Å². The highest BCUT2D eigenvalue weighted by Crippen LogP contribution is 2.19. The molecule has 2 aromatic rings. The van der Waals surface area contributed by atoms with E-state index in [9.17, 15) is 9.59 Å². The van der Waals surface area contributed by atoms with Crippen molar-refractivity contribution in [3.8, 4) is 11.5 Å². The summed E-state index contributed by atoms with van der Waals surface area (Å²) in [6.07, 6.45) is 1.97. The summed E-state index contributed by atoms with van der Waals surface area (Å²) >= 11 is 0. The number of rotatable bonds is 4. The molecule has 0 saturated carbocycles. The number of aromatic nitrogens is 1. The second-order valence-electron chi connectivity index (χ2n) is 3.50. The van der Waals surface area contributed by atoms with Crippen LogP contribution in [0.4, 0.5) is 0 Å². The first-order valence-electron chi connectivity index (χ1n) is 5.43. The Balaban J connectivity index is 2.28. The Bertz CT molecular complexity index is 574. The average Bonchev–Trinajstić information content (AvgIpc) is 2.89. The van der Waals surface area contributed by atoms with Crippen LogP contribution < -0.4 is 0 Å². The highest BCUT2D eigenvalue weighted by atomic mass is 16.5. The molecule has 0 saturated heterocycles. The lowest BCUT2D eigenvalue weighted by molar-refractivity contribution is 0.0519. The molecule has 0 aliphatic heterocycles. The lowest BCUT2D eigenvalue weighted by atomic mass is 10.1. The first kappa shape index (κ1) is 12.0. The molecule has 0 atom stereocenters. The van der Waals surface area contributed by atoms with Crippen molar-refractivity contribution in [2.45, 2.75) is 6.92 Å². The molecule has 0 N–H and O–H groups in total. The minimum Gasteiger partial charge on any atom is -0.461 e. The van der Waals surface area contributed by atoms with Crippen molar-refractivity contribution in [3.05, 3.63) is 41.8 Å². The van der Waals surface area contributed by atoms with Crippen LogP contribution in [0.5, 0.6) is 0 Å². The van der Waals surface area contributed by atoms with Gasteiger partial charge in [0.15, 0.2) is 5.69 Å². The molecule has 2 rings (SSSR count). The third-order valence-electron chi connectivity index (χ3n) is 2.26. The summed E-state index contributed by atoms with van der Waals surface area (Å²) in [4.78, 5) is 26.1. The zero-order chi connectivity index (χ0) is 13.0. The maximum atomic E-state index is 11.4. The van der Waals surface area contributed by atoms with Crippen molar-refractivity contribution < 1.29 is 18.7 Å². The Morgan fingerprint density at radius 1 is 1.50 bits per heavy atom. The molecule has 1 heterocycles. The van der Waals surface area contributed by atoms with E-state index in [4.69, 9.17) is 9.15 Å². The Morgan fingerprint density at radius 2 is 2.33 bits per heavy atom. The molecule has 0 unspecified atom stereocenters. The Labute approximate surface area is 103 Å². The van der Waals surface area contributed by atoms with E-state index in [0.29, 0.717) is 11.1 Å². The second-order valence-corrected chi connectivity index (χ2v) is 3.50. The number of esters is 1. The van der Waals surface area contributed by atoms with E-state index in [0.717, 1.165) is 6.29 Å².